The van der Waals surface area contributed by atoms with E-state index in [4.69, 9.17) is 5.11 Å². The molecule has 0 spiro atoms. The van der Waals surface area contributed by atoms with E-state index >= 15 is 0 Å². The number of nitrogens with one attached hydrogen (secondary N) is 1. The van der Waals surface area contributed by atoms with Crippen molar-refractivity contribution in [3.05, 3.63) is 47.0 Å². The molecule has 0 fully saturated rings. The standard InChI is InChI=1S/C13H14N4O2/c1-8-5-9(2)17-13(16-8)15-7-10-3-4-11(12(18)19)14-6-10/h3-6H,7H2,1-2H3,(H,18,19)(H,15,16,17). The number of aromatic nitrogens is 3. The van der Waals surface area contributed by atoms with Gasteiger partial charge in [0.05, 0.1) is 0 Å². The van der Waals surface area contributed by atoms with E-state index in [-0.39, 0.29) is 5.69 Å². The van der Waals surface area contributed by atoms with Gasteiger partial charge in [0.1, 0.15) is 5.69 Å². The second kappa shape index (κ2) is 5.43. The predicted molar refractivity (Wildman–Crippen MR) is 70.0 cm³/mol. The van der Waals surface area contributed by atoms with Gasteiger partial charge in [-0.05, 0) is 31.5 Å². The largest absolute Gasteiger partial charge is 0.477 e. The number of rotatable bonds is 4. The fourth-order valence-electron chi connectivity index (χ4n) is 1.64. The lowest BCUT2D eigenvalue weighted by atomic mass is 10.2. The van der Waals surface area contributed by atoms with Gasteiger partial charge in [-0.15, -0.1) is 0 Å². The molecule has 19 heavy (non-hydrogen) atoms. The van der Waals surface area contributed by atoms with Crippen molar-refractivity contribution >= 4 is 11.9 Å². The maximum atomic E-state index is 10.7. The van der Waals surface area contributed by atoms with Crippen molar-refractivity contribution < 1.29 is 9.90 Å². The van der Waals surface area contributed by atoms with Crippen molar-refractivity contribution in [2.24, 2.45) is 0 Å². The molecule has 2 rings (SSSR count). The number of hydrogen-bond acceptors (Lipinski definition) is 5. The Morgan fingerprint density at radius 1 is 1.26 bits per heavy atom. The highest BCUT2D eigenvalue weighted by Crippen LogP contribution is 2.06. The fourth-order valence-corrected chi connectivity index (χ4v) is 1.64. The lowest BCUT2D eigenvalue weighted by Gasteiger charge is -2.06. The maximum absolute atomic E-state index is 10.7. The number of aryl methyl sites for hydroxylation is 2. The summed E-state index contributed by atoms with van der Waals surface area (Å²) >= 11 is 0. The van der Waals surface area contributed by atoms with E-state index in [1.165, 1.54) is 12.3 Å². The van der Waals surface area contributed by atoms with Crippen molar-refractivity contribution in [3.63, 3.8) is 0 Å². The highest BCUT2D eigenvalue weighted by atomic mass is 16.4. The van der Waals surface area contributed by atoms with Crippen LogP contribution in [0.4, 0.5) is 5.95 Å². The van der Waals surface area contributed by atoms with Crippen molar-refractivity contribution in [3.8, 4) is 0 Å². The minimum Gasteiger partial charge on any atom is -0.477 e. The third kappa shape index (κ3) is 3.48. The summed E-state index contributed by atoms with van der Waals surface area (Å²) < 4.78 is 0. The first-order valence-electron chi connectivity index (χ1n) is 5.79. The predicted octanol–water partition coefficient (Wildman–Crippen LogP) is 1.80. The van der Waals surface area contributed by atoms with Crippen LogP contribution in [0.3, 0.4) is 0 Å². The molecular weight excluding hydrogens is 244 g/mol. The van der Waals surface area contributed by atoms with Crippen molar-refractivity contribution in [2.75, 3.05) is 5.32 Å². The molecule has 2 aromatic heterocycles. The van der Waals surface area contributed by atoms with Crippen molar-refractivity contribution in [2.45, 2.75) is 20.4 Å². The van der Waals surface area contributed by atoms with E-state index in [2.05, 4.69) is 20.3 Å². The molecule has 0 unspecified atom stereocenters. The summed E-state index contributed by atoms with van der Waals surface area (Å²) in [7, 11) is 0. The average molecular weight is 258 g/mol. The van der Waals surface area contributed by atoms with Gasteiger partial charge in [0.15, 0.2) is 0 Å². The molecule has 2 aromatic rings. The minimum atomic E-state index is -1.03. The van der Waals surface area contributed by atoms with Crippen LogP contribution >= 0.6 is 0 Å². The third-order valence-corrected chi connectivity index (χ3v) is 2.48. The van der Waals surface area contributed by atoms with Crippen LogP contribution in [0.2, 0.25) is 0 Å². The van der Waals surface area contributed by atoms with Gasteiger partial charge in [-0.2, -0.15) is 0 Å². The quantitative estimate of drug-likeness (QED) is 0.869. The van der Waals surface area contributed by atoms with E-state index in [1.54, 1.807) is 6.07 Å². The number of carboxylic acid groups (broad SMARTS) is 1. The first-order valence-corrected chi connectivity index (χ1v) is 5.79. The zero-order chi connectivity index (χ0) is 13.8. The second-order valence-corrected chi connectivity index (χ2v) is 4.18. The molecule has 0 saturated heterocycles. The highest BCUT2D eigenvalue weighted by Gasteiger charge is 2.04. The number of pyridine rings is 1. The zero-order valence-electron chi connectivity index (χ0n) is 10.7. The van der Waals surface area contributed by atoms with Gasteiger partial charge >= 0.3 is 5.97 Å². The first-order chi connectivity index (χ1) is 9.04. The zero-order valence-corrected chi connectivity index (χ0v) is 10.7. The number of carbonyl (C=O) groups is 1. The van der Waals surface area contributed by atoms with Gasteiger partial charge in [0.2, 0.25) is 5.95 Å². The average Bonchev–Trinajstić information content (AvgIpc) is 2.36. The van der Waals surface area contributed by atoms with Crippen molar-refractivity contribution in [1.82, 2.24) is 15.0 Å². The Labute approximate surface area is 110 Å². The summed E-state index contributed by atoms with van der Waals surface area (Å²) in [6.07, 6.45) is 1.53. The molecule has 0 saturated carbocycles. The third-order valence-electron chi connectivity index (χ3n) is 2.48. The van der Waals surface area contributed by atoms with Crippen LogP contribution in [0.5, 0.6) is 0 Å². The summed E-state index contributed by atoms with van der Waals surface area (Å²) in [6.45, 7) is 4.31. The monoisotopic (exact) mass is 258 g/mol. The van der Waals surface area contributed by atoms with Crippen LogP contribution < -0.4 is 5.32 Å². The molecule has 0 bridgehead atoms. The van der Waals surface area contributed by atoms with Gasteiger partial charge < -0.3 is 10.4 Å². The first kappa shape index (κ1) is 12.9. The Morgan fingerprint density at radius 2 is 1.95 bits per heavy atom. The summed E-state index contributed by atoms with van der Waals surface area (Å²) in [4.78, 5) is 23.0. The van der Waals surface area contributed by atoms with Gasteiger partial charge in [-0.3, -0.25) is 0 Å². The molecule has 0 radical (unpaired) electrons. The summed E-state index contributed by atoms with van der Waals surface area (Å²) in [5, 5.41) is 11.8. The summed E-state index contributed by atoms with van der Waals surface area (Å²) in [5.74, 6) is -0.475. The molecular formula is C13H14N4O2. The van der Waals surface area contributed by atoms with E-state index in [0.29, 0.717) is 12.5 Å². The van der Waals surface area contributed by atoms with Gasteiger partial charge in [0.25, 0.3) is 0 Å². The van der Waals surface area contributed by atoms with Crippen LogP contribution in [0, 0.1) is 13.8 Å². The van der Waals surface area contributed by atoms with E-state index < -0.39 is 5.97 Å². The fraction of sp³-hybridized carbons (Fsp3) is 0.231. The van der Waals surface area contributed by atoms with Crippen molar-refractivity contribution in [1.29, 1.82) is 0 Å². The lowest BCUT2D eigenvalue weighted by Crippen LogP contribution is -2.06. The molecule has 0 amide bonds. The summed E-state index contributed by atoms with van der Waals surface area (Å²) in [5.41, 5.74) is 2.70. The smallest absolute Gasteiger partial charge is 0.354 e. The molecule has 2 heterocycles. The van der Waals surface area contributed by atoms with Gasteiger partial charge in [-0.25, -0.2) is 19.7 Å². The lowest BCUT2D eigenvalue weighted by molar-refractivity contribution is 0.0690. The van der Waals surface area contributed by atoms with Crippen LogP contribution in [0.1, 0.15) is 27.4 Å². The maximum Gasteiger partial charge on any atom is 0.354 e. The van der Waals surface area contributed by atoms with Gasteiger partial charge in [0, 0.05) is 24.1 Å². The number of nitrogens with zero attached hydrogens (tertiary/aromatic N) is 3. The van der Waals surface area contributed by atoms with E-state index in [0.717, 1.165) is 17.0 Å². The molecule has 0 aliphatic rings. The Hall–Kier alpha value is -2.50. The van der Waals surface area contributed by atoms with Crippen LogP contribution in [0.25, 0.3) is 0 Å². The molecule has 6 nitrogen and oxygen atoms in total. The second-order valence-electron chi connectivity index (χ2n) is 4.18. The Kier molecular flexibility index (Phi) is 3.70. The topological polar surface area (TPSA) is 88.0 Å². The normalized spacial score (nSPS) is 10.2. The van der Waals surface area contributed by atoms with E-state index in [1.807, 2.05) is 19.9 Å². The highest BCUT2D eigenvalue weighted by molar-refractivity contribution is 5.85. The van der Waals surface area contributed by atoms with Crippen LogP contribution in [-0.2, 0) is 6.54 Å². The number of aromatic carboxylic acids is 1. The molecule has 0 aliphatic heterocycles. The van der Waals surface area contributed by atoms with E-state index in [9.17, 15) is 4.79 Å². The minimum absolute atomic E-state index is 0.0337. The Balaban J connectivity index is 2.03. The molecule has 0 atom stereocenters. The van der Waals surface area contributed by atoms with Crippen LogP contribution in [0.15, 0.2) is 24.4 Å². The Bertz CT molecular complexity index is 576. The summed E-state index contributed by atoms with van der Waals surface area (Å²) in [6, 6.07) is 5.09. The molecule has 6 heteroatoms. The number of anilines is 1. The number of hydrogen-bond donors (Lipinski definition) is 2. The number of carboxylic acids is 1. The molecule has 2 N–H and O–H groups in total. The Morgan fingerprint density at radius 3 is 2.47 bits per heavy atom. The van der Waals surface area contributed by atoms with Crippen LogP contribution in [-0.4, -0.2) is 26.0 Å². The molecule has 0 aliphatic carbocycles. The molecule has 98 valence electrons. The SMILES string of the molecule is Cc1cc(C)nc(NCc2ccc(C(=O)O)nc2)n1. The van der Waals surface area contributed by atoms with Gasteiger partial charge in [-0.1, -0.05) is 6.07 Å². The molecule has 0 aromatic carbocycles.